The lowest BCUT2D eigenvalue weighted by atomic mass is 10.1. The molecule has 26 heavy (non-hydrogen) atoms. The first-order chi connectivity index (χ1) is 12.4. The maximum absolute atomic E-state index is 12.4. The van der Waals surface area contributed by atoms with Crippen molar-refractivity contribution in [3.8, 4) is 0 Å². The van der Waals surface area contributed by atoms with Crippen LogP contribution in [-0.2, 0) is 27.8 Å². The molecule has 2 aromatic carbocycles. The molecule has 0 aliphatic heterocycles. The number of amides is 1. The molecule has 7 nitrogen and oxygen atoms in total. The summed E-state index contributed by atoms with van der Waals surface area (Å²) in [6, 6.07) is 13.9. The fraction of sp³-hybridized carbons (Fsp3) is 0.222. The highest BCUT2D eigenvalue weighted by atomic mass is 32.2. The highest BCUT2D eigenvalue weighted by Crippen LogP contribution is 2.19. The average molecular weight is 373 g/mol. The summed E-state index contributed by atoms with van der Waals surface area (Å²) in [7, 11) is -0.634. The van der Waals surface area contributed by atoms with Gasteiger partial charge in [0, 0.05) is 26.0 Å². The van der Waals surface area contributed by atoms with Crippen LogP contribution in [0.4, 0.5) is 0 Å². The van der Waals surface area contributed by atoms with Gasteiger partial charge in [0.25, 0.3) is 0 Å². The Labute approximate surface area is 151 Å². The molecule has 1 amide bonds. The van der Waals surface area contributed by atoms with E-state index in [2.05, 4.69) is 10.5 Å². The smallest absolute Gasteiger partial charge is 0.242 e. The van der Waals surface area contributed by atoms with Crippen molar-refractivity contribution in [2.24, 2.45) is 0 Å². The lowest BCUT2D eigenvalue weighted by molar-refractivity contribution is -0.120. The monoisotopic (exact) mass is 373 g/mol. The van der Waals surface area contributed by atoms with Crippen LogP contribution in [-0.4, -0.2) is 37.9 Å². The standard InChI is InChI=1S/C18H19N3O4S/c1-21(2)26(23,24)17-10-6-3-7-13(17)12-19-18(22)11-15-14-8-4-5-9-16(14)25-20-15/h3-10H,11-12H2,1-2H3,(H,19,22). The number of carbonyl (C=O) groups excluding carboxylic acids is 1. The zero-order chi connectivity index (χ0) is 18.7. The number of nitrogens with zero attached hydrogens (tertiary/aromatic N) is 2. The number of rotatable bonds is 6. The summed E-state index contributed by atoms with van der Waals surface area (Å²) in [6.45, 7) is 0.109. The molecule has 8 heteroatoms. The Morgan fingerprint density at radius 3 is 2.58 bits per heavy atom. The van der Waals surface area contributed by atoms with E-state index in [0.29, 0.717) is 16.8 Å². The van der Waals surface area contributed by atoms with Crippen LogP contribution in [0.5, 0.6) is 0 Å². The number of para-hydroxylation sites is 1. The third-order valence-electron chi connectivity index (χ3n) is 3.99. The van der Waals surface area contributed by atoms with Gasteiger partial charge in [0.15, 0.2) is 5.58 Å². The molecule has 1 aromatic heterocycles. The second-order valence-corrected chi connectivity index (χ2v) is 8.09. The minimum Gasteiger partial charge on any atom is -0.356 e. The predicted molar refractivity (Wildman–Crippen MR) is 96.9 cm³/mol. The lowest BCUT2D eigenvalue weighted by Crippen LogP contribution is -2.28. The van der Waals surface area contributed by atoms with Gasteiger partial charge in [0.2, 0.25) is 15.9 Å². The number of nitrogens with one attached hydrogen (secondary N) is 1. The molecular weight excluding hydrogens is 354 g/mol. The zero-order valence-corrected chi connectivity index (χ0v) is 15.3. The van der Waals surface area contributed by atoms with Crippen molar-refractivity contribution in [1.29, 1.82) is 0 Å². The molecule has 3 rings (SSSR count). The van der Waals surface area contributed by atoms with Gasteiger partial charge in [0.1, 0.15) is 5.69 Å². The van der Waals surface area contributed by atoms with Gasteiger partial charge in [0.05, 0.1) is 11.3 Å². The van der Waals surface area contributed by atoms with E-state index in [-0.39, 0.29) is 23.8 Å². The Morgan fingerprint density at radius 2 is 1.81 bits per heavy atom. The van der Waals surface area contributed by atoms with Gasteiger partial charge in [-0.15, -0.1) is 0 Å². The largest absolute Gasteiger partial charge is 0.356 e. The Morgan fingerprint density at radius 1 is 1.12 bits per heavy atom. The topological polar surface area (TPSA) is 92.5 Å². The summed E-state index contributed by atoms with van der Waals surface area (Å²) in [4.78, 5) is 12.4. The van der Waals surface area contributed by atoms with Gasteiger partial charge in [-0.2, -0.15) is 0 Å². The molecule has 0 unspecified atom stereocenters. The third kappa shape index (κ3) is 3.61. The molecule has 0 aliphatic carbocycles. The van der Waals surface area contributed by atoms with Gasteiger partial charge in [-0.25, -0.2) is 12.7 Å². The van der Waals surface area contributed by atoms with Crippen molar-refractivity contribution in [3.05, 3.63) is 59.8 Å². The number of hydrogen-bond donors (Lipinski definition) is 1. The highest BCUT2D eigenvalue weighted by Gasteiger charge is 2.21. The summed E-state index contributed by atoms with van der Waals surface area (Å²) in [5.74, 6) is -0.263. The summed E-state index contributed by atoms with van der Waals surface area (Å²) in [5, 5.41) is 7.47. The van der Waals surface area contributed by atoms with Crippen molar-refractivity contribution >= 4 is 26.9 Å². The molecule has 0 saturated carbocycles. The van der Waals surface area contributed by atoms with E-state index in [4.69, 9.17) is 4.52 Å². The Balaban J connectivity index is 1.73. The minimum absolute atomic E-state index is 0.0552. The van der Waals surface area contributed by atoms with Crippen molar-refractivity contribution < 1.29 is 17.7 Å². The summed E-state index contributed by atoms with van der Waals surface area (Å²) < 4.78 is 31.1. The highest BCUT2D eigenvalue weighted by molar-refractivity contribution is 7.89. The first-order valence-corrected chi connectivity index (χ1v) is 9.44. The number of fused-ring (bicyclic) bond motifs is 1. The van der Waals surface area contributed by atoms with Crippen LogP contribution in [0.1, 0.15) is 11.3 Å². The maximum Gasteiger partial charge on any atom is 0.242 e. The van der Waals surface area contributed by atoms with E-state index < -0.39 is 10.0 Å². The predicted octanol–water partition coefficient (Wildman–Crippen LogP) is 1.94. The van der Waals surface area contributed by atoms with E-state index in [1.807, 2.05) is 18.2 Å². The molecule has 1 N–H and O–H groups in total. The van der Waals surface area contributed by atoms with Gasteiger partial charge < -0.3 is 9.84 Å². The second kappa shape index (κ2) is 7.27. The fourth-order valence-corrected chi connectivity index (χ4v) is 3.69. The van der Waals surface area contributed by atoms with Crippen LogP contribution in [0.25, 0.3) is 11.0 Å². The van der Waals surface area contributed by atoms with Crippen molar-refractivity contribution in [2.75, 3.05) is 14.1 Å². The van der Waals surface area contributed by atoms with Gasteiger partial charge in [-0.1, -0.05) is 35.5 Å². The number of benzene rings is 2. The third-order valence-corrected chi connectivity index (χ3v) is 5.90. The molecule has 136 valence electrons. The van der Waals surface area contributed by atoms with Crippen LogP contribution in [0.15, 0.2) is 57.9 Å². The average Bonchev–Trinajstić information content (AvgIpc) is 3.03. The number of hydrogen-bond acceptors (Lipinski definition) is 5. The molecule has 0 spiro atoms. The Bertz CT molecular complexity index is 1040. The van der Waals surface area contributed by atoms with Crippen LogP contribution in [0, 0.1) is 0 Å². The van der Waals surface area contributed by atoms with E-state index in [9.17, 15) is 13.2 Å². The fourth-order valence-electron chi connectivity index (χ4n) is 2.57. The molecular formula is C18H19N3O4S. The van der Waals surface area contributed by atoms with Gasteiger partial charge >= 0.3 is 0 Å². The van der Waals surface area contributed by atoms with Crippen molar-refractivity contribution in [3.63, 3.8) is 0 Å². The van der Waals surface area contributed by atoms with E-state index in [0.717, 1.165) is 9.69 Å². The molecule has 0 saturated heterocycles. The van der Waals surface area contributed by atoms with Crippen LogP contribution >= 0.6 is 0 Å². The van der Waals surface area contributed by atoms with Crippen LogP contribution in [0.3, 0.4) is 0 Å². The Kier molecular flexibility index (Phi) is 5.06. The molecule has 1 heterocycles. The molecule has 0 fully saturated rings. The van der Waals surface area contributed by atoms with E-state index >= 15 is 0 Å². The zero-order valence-electron chi connectivity index (χ0n) is 14.5. The minimum atomic E-state index is -3.58. The first-order valence-electron chi connectivity index (χ1n) is 8.00. The number of sulfonamides is 1. The Hall–Kier alpha value is -2.71. The molecule has 0 aliphatic rings. The normalized spacial score (nSPS) is 11.8. The van der Waals surface area contributed by atoms with Crippen LogP contribution in [0.2, 0.25) is 0 Å². The summed E-state index contributed by atoms with van der Waals surface area (Å²) in [5.41, 5.74) is 1.70. The van der Waals surface area contributed by atoms with Gasteiger partial charge in [-0.05, 0) is 23.8 Å². The van der Waals surface area contributed by atoms with Crippen molar-refractivity contribution in [1.82, 2.24) is 14.8 Å². The second-order valence-electron chi connectivity index (χ2n) is 5.97. The summed E-state index contributed by atoms with van der Waals surface area (Å²) in [6.07, 6.45) is 0.0552. The van der Waals surface area contributed by atoms with Gasteiger partial charge in [-0.3, -0.25) is 4.79 Å². The first kappa shape index (κ1) is 18.1. The number of carbonyl (C=O) groups is 1. The molecule has 0 radical (unpaired) electrons. The van der Waals surface area contributed by atoms with E-state index in [1.54, 1.807) is 24.3 Å². The number of aromatic nitrogens is 1. The molecule has 3 aromatic rings. The summed E-state index contributed by atoms with van der Waals surface area (Å²) >= 11 is 0. The van der Waals surface area contributed by atoms with Crippen LogP contribution < -0.4 is 5.32 Å². The quantitative estimate of drug-likeness (QED) is 0.713. The van der Waals surface area contributed by atoms with Crippen molar-refractivity contribution in [2.45, 2.75) is 17.9 Å². The molecule has 0 atom stereocenters. The SMILES string of the molecule is CN(C)S(=O)(=O)c1ccccc1CNC(=O)Cc1noc2ccccc12. The maximum atomic E-state index is 12.4. The molecule has 0 bridgehead atoms. The van der Waals surface area contributed by atoms with E-state index in [1.165, 1.54) is 20.2 Å². The lowest BCUT2D eigenvalue weighted by Gasteiger charge is -2.15.